The van der Waals surface area contributed by atoms with Gasteiger partial charge in [0.1, 0.15) is 0 Å². The summed E-state index contributed by atoms with van der Waals surface area (Å²) in [6.07, 6.45) is -0.0977. The molecule has 0 N–H and O–H groups in total. The van der Waals surface area contributed by atoms with Crippen molar-refractivity contribution in [3.05, 3.63) is 59.1 Å². The Morgan fingerprint density at radius 1 is 1.00 bits per heavy atom. The largest absolute Gasteiger partial charge is 0.419 e. The van der Waals surface area contributed by atoms with Crippen LogP contribution in [0.4, 0.5) is 5.88 Å². The van der Waals surface area contributed by atoms with Crippen LogP contribution >= 0.6 is 15.9 Å². The number of nitrogens with zero attached hydrogens (tertiary/aromatic N) is 2. The number of rotatable bonds is 4. The van der Waals surface area contributed by atoms with Gasteiger partial charge in [-0.2, -0.15) is 4.98 Å². The third-order valence-electron chi connectivity index (χ3n) is 4.69. The van der Waals surface area contributed by atoms with Crippen LogP contribution in [-0.4, -0.2) is 38.7 Å². The van der Waals surface area contributed by atoms with Crippen LogP contribution in [0, 0.1) is 0 Å². The number of hydrogen-bond donors (Lipinski definition) is 0. The Hall–Kier alpha value is -2.16. The van der Waals surface area contributed by atoms with Crippen LogP contribution in [0.3, 0.4) is 0 Å². The zero-order valence-electron chi connectivity index (χ0n) is 16.1. The number of benzene rings is 2. The van der Waals surface area contributed by atoms with Crippen molar-refractivity contribution in [2.45, 2.75) is 36.0 Å². The van der Waals surface area contributed by atoms with E-state index in [-0.39, 0.29) is 33.9 Å². The molecule has 6 nitrogen and oxygen atoms in total. The molecule has 2 aromatic carbocycles. The molecule has 0 bridgehead atoms. The fourth-order valence-corrected chi connectivity index (χ4v) is 5.05. The highest BCUT2D eigenvalue weighted by molar-refractivity contribution is 9.10. The van der Waals surface area contributed by atoms with Crippen molar-refractivity contribution >= 4 is 31.7 Å². The average Bonchev–Trinajstić information content (AvgIpc) is 3.15. The molecule has 29 heavy (non-hydrogen) atoms. The topological polar surface area (TPSA) is 72.6 Å². The van der Waals surface area contributed by atoms with Gasteiger partial charge in [-0.1, -0.05) is 34.1 Å². The van der Waals surface area contributed by atoms with E-state index in [1.165, 1.54) is 0 Å². The molecule has 0 spiro atoms. The number of aromatic nitrogens is 1. The van der Waals surface area contributed by atoms with Crippen molar-refractivity contribution in [1.82, 2.24) is 4.98 Å². The van der Waals surface area contributed by atoms with Crippen molar-refractivity contribution in [2.75, 3.05) is 18.0 Å². The summed E-state index contributed by atoms with van der Waals surface area (Å²) in [6.45, 7) is 4.97. The van der Waals surface area contributed by atoms with Crippen LogP contribution in [0.1, 0.15) is 13.8 Å². The van der Waals surface area contributed by atoms with Gasteiger partial charge in [-0.15, -0.1) is 0 Å². The van der Waals surface area contributed by atoms with Crippen LogP contribution in [0.15, 0.2) is 73.4 Å². The van der Waals surface area contributed by atoms with E-state index in [1.807, 2.05) is 43.0 Å². The first-order valence-corrected chi connectivity index (χ1v) is 11.6. The Balaban J connectivity index is 1.85. The van der Waals surface area contributed by atoms with E-state index in [0.717, 1.165) is 4.47 Å². The first-order chi connectivity index (χ1) is 13.8. The number of halogens is 1. The second-order valence-electron chi connectivity index (χ2n) is 7.12. The van der Waals surface area contributed by atoms with Crippen LogP contribution in [0.25, 0.3) is 11.5 Å². The molecule has 0 amide bonds. The lowest BCUT2D eigenvalue weighted by atomic mass is 10.2. The normalized spacial score (nSPS) is 20.0. The van der Waals surface area contributed by atoms with E-state index in [4.69, 9.17) is 9.15 Å². The Morgan fingerprint density at radius 2 is 1.62 bits per heavy atom. The molecule has 0 aliphatic carbocycles. The molecule has 3 aromatic rings. The molecule has 0 saturated carbocycles. The van der Waals surface area contributed by atoms with Crippen LogP contribution in [0.2, 0.25) is 0 Å². The van der Waals surface area contributed by atoms with Crippen LogP contribution in [0.5, 0.6) is 0 Å². The fourth-order valence-electron chi connectivity index (χ4n) is 3.44. The highest BCUT2D eigenvalue weighted by atomic mass is 79.9. The third-order valence-corrected chi connectivity index (χ3v) is 6.88. The maximum atomic E-state index is 13.4. The molecule has 1 aliphatic heterocycles. The lowest BCUT2D eigenvalue weighted by molar-refractivity contribution is -0.00657. The van der Waals surface area contributed by atoms with Gasteiger partial charge >= 0.3 is 0 Å². The van der Waals surface area contributed by atoms with E-state index in [2.05, 4.69) is 20.9 Å². The molecule has 2 unspecified atom stereocenters. The molecule has 4 rings (SSSR count). The lowest BCUT2D eigenvalue weighted by Crippen LogP contribution is -2.45. The predicted octanol–water partition coefficient (Wildman–Crippen LogP) is 4.55. The molecule has 2 atom stereocenters. The van der Waals surface area contributed by atoms with Gasteiger partial charge in [-0.3, -0.25) is 0 Å². The zero-order valence-corrected chi connectivity index (χ0v) is 18.5. The lowest BCUT2D eigenvalue weighted by Gasteiger charge is -2.35. The number of anilines is 1. The van der Waals surface area contributed by atoms with Crippen LogP contribution < -0.4 is 4.90 Å². The van der Waals surface area contributed by atoms with Crippen molar-refractivity contribution in [3.8, 4) is 11.5 Å². The summed E-state index contributed by atoms with van der Waals surface area (Å²) in [5, 5.41) is -0.0667. The number of hydrogen-bond acceptors (Lipinski definition) is 6. The van der Waals surface area contributed by atoms with E-state index < -0.39 is 9.84 Å². The summed E-state index contributed by atoms with van der Waals surface area (Å²) < 4.78 is 39.5. The summed E-state index contributed by atoms with van der Waals surface area (Å²) in [7, 11) is -3.85. The van der Waals surface area contributed by atoms with Gasteiger partial charge in [0.25, 0.3) is 0 Å². The molecule has 0 radical (unpaired) electrons. The van der Waals surface area contributed by atoms with Gasteiger partial charge in [0.2, 0.25) is 26.6 Å². The Bertz CT molecular complexity index is 1090. The summed E-state index contributed by atoms with van der Waals surface area (Å²) in [4.78, 5) is 6.52. The molecule has 1 fully saturated rings. The van der Waals surface area contributed by atoms with Gasteiger partial charge in [0.15, 0.2) is 0 Å². The number of ether oxygens (including phenoxy) is 1. The molecule has 152 valence electrons. The zero-order chi connectivity index (χ0) is 20.6. The number of morpholine rings is 1. The van der Waals surface area contributed by atoms with Crippen molar-refractivity contribution in [2.24, 2.45) is 0 Å². The summed E-state index contributed by atoms with van der Waals surface area (Å²) >= 11 is 3.41. The van der Waals surface area contributed by atoms with Crippen molar-refractivity contribution < 1.29 is 17.6 Å². The second-order valence-corrected chi connectivity index (χ2v) is 9.90. The highest BCUT2D eigenvalue weighted by Gasteiger charge is 2.34. The summed E-state index contributed by atoms with van der Waals surface area (Å²) in [6, 6.07) is 15.7. The van der Waals surface area contributed by atoms with Gasteiger partial charge < -0.3 is 14.1 Å². The van der Waals surface area contributed by atoms with E-state index >= 15 is 0 Å². The van der Waals surface area contributed by atoms with E-state index in [0.29, 0.717) is 18.7 Å². The third kappa shape index (κ3) is 4.10. The van der Waals surface area contributed by atoms with Gasteiger partial charge in [-0.25, -0.2) is 8.42 Å². The number of oxazole rings is 1. The Labute approximate surface area is 178 Å². The smallest absolute Gasteiger partial charge is 0.236 e. The summed E-state index contributed by atoms with van der Waals surface area (Å²) in [5.74, 6) is 0.530. The Morgan fingerprint density at radius 3 is 2.24 bits per heavy atom. The Kier molecular flexibility index (Phi) is 5.50. The average molecular weight is 477 g/mol. The monoisotopic (exact) mass is 476 g/mol. The first kappa shape index (κ1) is 20.1. The molecular weight excluding hydrogens is 456 g/mol. The first-order valence-electron chi connectivity index (χ1n) is 9.32. The quantitative estimate of drug-likeness (QED) is 0.549. The van der Waals surface area contributed by atoms with Gasteiger partial charge in [-0.05, 0) is 50.2 Å². The minimum absolute atomic E-state index is 0.0488. The SMILES string of the molecule is CC1CN(c2oc(-c3ccc(Br)cc3)nc2S(=O)(=O)c2ccccc2)CC(C)O1. The maximum absolute atomic E-state index is 13.4. The fraction of sp³-hybridized carbons (Fsp3) is 0.286. The second kappa shape index (κ2) is 7.93. The van der Waals surface area contributed by atoms with Gasteiger partial charge in [0.05, 0.1) is 17.1 Å². The molecule has 1 aliphatic rings. The molecule has 1 aromatic heterocycles. The van der Waals surface area contributed by atoms with Gasteiger partial charge in [0, 0.05) is 23.1 Å². The van der Waals surface area contributed by atoms with Crippen LogP contribution in [-0.2, 0) is 14.6 Å². The molecular formula is C21H21BrN2O4S. The molecule has 2 heterocycles. The molecule has 1 saturated heterocycles. The standard InChI is InChI=1S/C21H21BrN2O4S/c1-14-12-24(13-15(2)27-14)21-20(29(25,26)18-6-4-3-5-7-18)23-19(28-21)16-8-10-17(22)11-9-16/h3-11,14-15H,12-13H2,1-2H3. The minimum atomic E-state index is -3.85. The summed E-state index contributed by atoms with van der Waals surface area (Å²) in [5.41, 5.74) is 0.707. The van der Waals surface area contributed by atoms with E-state index in [9.17, 15) is 8.42 Å². The van der Waals surface area contributed by atoms with Crippen molar-refractivity contribution in [1.29, 1.82) is 0 Å². The minimum Gasteiger partial charge on any atom is -0.419 e. The maximum Gasteiger partial charge on any atom is 0.236 e. The predicted molar refractivity (Wildman–Crippen MR) is 114 cm³/mol. The highest BCUT2D eigenvalue weighted by Crippen LogP contribution is 2.36. The van der Waals surface area contributed by atoms with E-state index in [1.54, 1.807) is 30.3 Å². The number of sulfone groups is 1. The van der Waals surface area contributed by atoms with Crippen molar-refractivity contribution in [3.63, 3.8) is 0 Å². The molecule has 8 heteroatoms.